The van der Waals surface area contributed by atoms with Crippen LogP contribution in [0.3, 0.4) is 0 Å². The Bertz CT molecular complexity index is 745. The van der Waals surface area contributed by atoms with Crippen LogP contribution in [0.25, 0.3) is 0 Å². The van der Waals surface area contributed by atoms with Gasteiger partial charge in [0.15, 0.2) is 0 Å². The molecule has 0 atom stereocenters. The number of hydrogen-bond donors (Lipinski definition) is 2. The van der Waals surface area contributed by atoms with Crippen LogP contribution in [0.1, 0.15) is 10.4 Å². The maximum atomic E-state index is 11.9. The second-order valence-electron chi connectivity index (χ2n) is 4.62. The SMILES string of the molecule is O=C1CN(c2cccc(Cl)c2)c2cccc(C(=O)O)c2N1. The number of nitrogens with one attached hydrogen (secondary N) is 1. The lowest BCUT2D eigenvalue weighted by Gasteiger charge is -2.31. The standard InChI is InChI=1S/C15H11ClN2O3/c16-9-3-1-4-10(7-9)18-8-13(19)17-14-11(15(20)21)5-2-6-12(14)18/h1-7H,8H2,(H,17,19)(H,20,21). The number of halogens is 1. The van der Waals surface area contributed by atoms with E-state index >= 15 is 0 Å². The Morgan fingerprint density at radius 3 is 2.71 bits per heavy atom. The highest BCUT2D eigenvalue weighted by Gasteiger charge is 2.27. The van der Waals surface area contributed by atoms with Crippen LogP contribution in [0.2, 0.25) is 5.02 Å². The van der Waals surface area contributed by atoms with Crippen LogP contribution in [0.5, 0.6) is 0 Å². The summed E-state index contributed by atoms with van der Waals surface area (Å²) in [4.78, 5) is 24.9. The monoisotopic (exact) mass is 302 g/mol. The van der Waals surface area contributed by atoms with Crippen LogP contribution in [-0.4, -0.2) is 23.5 Å². The van der Waals surface area contributed by atoms with E-state index in [2.05, 4.69) is 5.32 Å². The highest BCUT2D eigenvalue weighted by atomic mass is 35.5. The Kier molecular flexibility index (Phi) is 3.27. The molecule has 0 unspecified atom stereocenters. The van der Waals surface area contributed by atoms with Crippen molar-refractivity contribution in [1.82, 2.24) is 0 Å². The Balaban J connectivity index is 2.16. The van der Waals surface area contributed by atoms with Crippen LogP contribution in [-0.2, 0) is 4.79 Å². The van der Waals surface area contributed by atoms with Gasteiger partial charge in [0.2, 0.25) is 5.91 Å². The number of benzene rings is 2. The largest absolute Gasteiger partial charge is 0.478 e. The molecule has 0 radical (unpaired) electrons. The maximum Gasteiger partial charge on any atom is 0.337 e. The van der Waals surface area contributed by atoms with Gasteiger partial charge >= 0.3 is 5.97 Å². The third kappa shape index (κ3) is 2.43. The summed E-state index contributed by atoms with van der Waals surface area (Å²) in [7, 11) is 0. The van der Waals surface area contributed by atoms with E-state index in [1.165, 1.54) is 6.07 Å². The van der Waals surface area contributed by atoms with Gasteiger partial charge in [-0.15, -0.1) is 0 Å². The average molecular weight is 303 g/mol. The number of carboxylic acids is 1. The number of anilines is 3. The lowest BCUT2D eigenvalue weighted by Crippen LogP contribution is -2.35. The lowest BCUT2D eigenvalue weighted by molar-refractivity contribution is -0.115. The summed E-state index contributed by atoms with van der Waals surface area (Å²) >= 11 is 5.99. The number of nitrogens with zero attached hydrogens (tertiary/aromatic N) is 1. The van der Waals surface area contributed by atoms with Crippen molar-refractivity contribution in [3.8, 4) is 0 Å². The third-order valence-corrected chi connectivity index (χ3v) is 3.48. The van der Waals surface area contributed by atoms with Crippen LogP contribution < -0.4 is 10.2 Å². The zero-order valence-electron chi connectivity index (χ0n) is 10.8. The summed E-state index contributed by atoms with van der Waals surface area (Å²) in [5, 5.41) is 12.4. The van der Waals surface area contributed by atoms with Crippen molar-refractivity contribution < 1.29 is 14.7 Å². The quantitative estimate of drug-likeness (QED) is 0.894. The smallest absolute Gasteiger partial charge is 0.337 e. The number of carboxylic acid groups (broad SMARTS) is 1. The number of carbonyl (C=O) groups excluding carboxylic acids is 1. The number of aromatic carboxylic acids is 1. The summed E-state index contributed by atoms with van der Waals surface area (Å²) in [6.45, 7) is 0.108. The number of fused-ring (bicyclic) bond motifs is 1. The molecule has 6 heteroatoms. The topological polar surface area (TPSA) is 69.6 Å². The van der Waals surface area contributed by atoms with Gasteiger partial charge in [-0.25, -0.2) is 4.79 Å². The molecule has 21 heavy (non-hydrogen) atoms. The minimum atomic E-state index is -1.08. The fourth-order valence-electron chi connectivity index (χ4n) is 2.36. The lowest BCUT2D eigenvalue weighted by atomic mass is 10.1. The minimum absolute atomic E-state index is 0.0626. The summed E-state index contributed by atoms with van der Waals surface area (Å²) in [5.74, 6) is -1.35. The second kappa shape index (κ2) is 5.10. The highest BCUT2D eigenvalue weighted by molar-refractivity contribution is 6.30. The van der Waals surface area contributed by atoms with Crippen molar-refractivity contribution in [2.45, 2.75) is 0 Å². The van der Waals surface area contributed by atoms with Crippen LogP contribution in [0.15, 0.2) is 42.5 Å². The fourth-order valence-corrected chi connectivity index (χ4v) is 2.54. The molecular weight excluding hydrogens is 292 g/mol. The number of para-hydroxylation sites is 1. The molecule has 0 aliphatic carbocycles. The van der Waals surface area contributed by atoms with Gasteiger partial charge in [0.25, 0.3) is 0 Å². The highest BCUT2D eigenvalue weighted by Crippen LogP contribution is 2.37. The van der Waals surface area contributed by atoms with Gasteiger partial charge in [0.05, 0.1) is 16.9 Å². The molecule has 0 saturated heterocycles. The van der Waals surface area contributed by atoms with Crippen LogP contribution in [0, 0.1) is 0 Å². The van der Waals surface area contributed by atoms with Gasteiger partial charge < -0.3 is 15.3 Å². The molecule has 0 saturated carbocycles. The molecule has 2 aromatic rings. The Labute approximate surface area is 125 Å². The summed E-state index contributed by atoms with van der Waals surface area (Å²) < 4.78 is 0. The first-order valence-corrected chi connectivity index (χ1v) is 6.63. The molecule has 0 fully saturated rings. The third-order valence-electron chi connectivity index (χ3n) is 3.25. The van der Waals surface area contributed by atoms with Gasteiger partial charge in [0, 0.05) is 10.7 Å². The Morgan fingerprint density at radius 2 is 2.00 bits per heavy atom. The zero-order valence-corrected chi connectivity index (χ0v) is 11.6. The van der Waals surface area contributed by atoms with Gasteiger partial charge in [-0.2, -0.15) is 0 Å². The van der Waals surface area contributed by atoms with E-state index in [0.29, 0.717) is 16.4 Å². The van der Waals surface area contributed by atoms with E-state index in [4.69, 9.17) is 11.6 Å². The van der Waals surface area contributed by atoms with E-state index < -0.39 is 5.97 Å². The fraction of sp³-hybridized carbons (Fsp3) is 0.0667. The minimum Gasteiger partial charge on any atom is -0.478 e. The number of rotatable bonds is 2. The average Bonchev–Trinajstić information content (AvgIpc) is 2.45. The molecule has 1 heterocycles. The van der Waals surface area contributed by atoms with E-state index in [0.717, 1.165) is 5.69 Å². The first kappa shape index (κ1) is 13.5. The van der Waals surface area contributed by atoms with E-state index in [1.807, 2.05) is 6.07 Å². The molecule has 3 rings (SSSR count). The molecule has 5 nitrogen and oxygen atoms in total. The molecule has 0 aromatic heterocycles. The van der Waals surface area contributed by atoms with Gasteiger partial charge in [-0.1, -0.05) is 23.7 Å². The molecule has 0 spiro atoms. The first-order chi connectivity index (χ1) is 10.1. The van der Waals surface area contributed by atoms with Crippen molar-refractivity contribution in [3.05, 3.63) is 53.1 Å². The molecule has 2 aromatic carbocycles. The Hall–Kier alpha value is -2.53. The normalized spacial score (nSPS) is 13.6. The van der Waals surface area contributed by atoms with Gasteiger partial charge in [-0.3, -0.25) is 4.79 Å². The molecule has 1 aliphatic heterocycles. The molecular formula is C15H11ClN2O3. The molecule has 0 bridgehead atoms. The predicted molar refractivity (Wildman–Crippen MR) is 80.5 cm³/mol. The first-order valence-electron chi connectivity index (χ1n) is 6.25. The predicted octanol–water partition coefficient (Wildman–Crippen LogP) is 3.13. The summed E-state index contributed by atoms with van der Waals surface area (Å²) in [6, 6.07) is 12.0. The van der Waals surface area contributed by atoms with Crippen molar-refractivity contribution in [2.75, 3.05) is 16.8 Å². The number of hydrogen-bond acceptors (Lipinski definition) is 3. The molecule has 2 N–H and O–H groups in total. The summed E-state index contributed by atoms with van der Waals surface area (Å²) in [5.41, 5.74) is 1.74. The van der Waals surface area contributed by atoms with E-state index in [1.54, 1.807) is 35.2 Å². The summed E-state index contributed by atoms with van der Waals surface area (Å²) in [6.07, 6.45) is 0. The van der Waals surface area contributed by atoms with Crippen molar-refractivity contribution in [2.24, 2.45) is 0 Å². The number of carbonyl (C=O) groups is 2. The second-order valence-corrected chi connectivity index (χ2v) is 5.06. The van der Waals surface area contributed by atoms with Gasteiger partial charge in [-0.05, 0) is 30.3 Å². The molecule has 1 aliphatic rings. The number of amides is 1. The maximum absolute atomic E-state index is 11.9. The van der Waals surface area contributed by atoms with Crippen molar-refractivity contribution in [3.63, 3.8) is 0 Å². The van der Waals surface area contributed by atoms with Crippen molar-refractivity contribution in [1.29, 1.82) is 0 Å². The van der Waals surface area contributed by atoms with Crippen molar-refractivity contribution >= 4 is 40.5 Å². The zero-order chi connectivity index (χ0) is 15.0. The van der Waals surface area contributed by atoms with E-state index in [9.17, 15) is 14.7 Å². The van der Waals surface area contributed by atoms with E-state index in [-0.39, 0.29) is 18.0 Å². The van der Waals surface area contributed by atoms with Crippen LogP contribution >= 0.6 is 11.6 Å². The van der Waals surface area contributed by atoms with Gasteiger partial charge in [0.1, 0.15) is 6.54 Å². The molecule has 106 valence electrons. The molecule has 1 amide bonds. The Morgan fingerprint density at radius 1 is 1.24 bits per heavy atom. The van der Waals surface area contributed by atoms with Crippen LogP contribution in [0.4, 0.5) is 17.1 Å².